The summed E-state index contributed by atoms with van der Waals surface area (Å²) in [4.78, 5) is 15.1. The van der Waals surface area contributed by atoms with Crippen LogP contribution in [0, 0.1) is 0 Å². The minimum Gasteiger partial charge on any atom is -0.419 e. The molecule has 0 saturated heterocycles. The van der Waals surface area contributed by atoms with Crippen molar-refractivity contribution in [3.8, 4) is 0 Å². The number of halogens is 2. The van der Waals surface area contributed by atoms with Gasteiger partial charge in [0.05, 0.1) is 33.2 Å². The van der Waals surface area contributed by atoms with Gasteiger partial charge in [-0.2, -0.15) is 11.8 Å². The van der Waals surface area contributed by atoms with Crippen LogP contribution < -0.4 is 4.90 Å². The fourth-order valence-electron chi connectivity index (χ4n) is 2.40. The van der Waals surface area contributed by atoms with Crippen LogP contribution in [0.15, 0.2) is 18.2 Å². The Kier molecular flexibility index (Phi) is 10.7. The number of hydrogen-bond donors (Lipinski definition) is 0. The van der Waals surface area contributed by atoms with Crippen LogP contribution in [0.2, 0.25) is 10.0 Å². The monoisotopic (exact) mass is 479 g/mol. The standard InChI is InChI=1S/C20H27Cl2NO2S3/c1-6-16(26)23(19-14(21)9-8-10-15(19)22)13(12-28-20(3,4)5)11-17(24)25-18(27)7-2/h8-10,13H,6-7,11-12H2,1-5H3. The van der Waals surface area contributed by atoms with Gasteiger partial charge < -0.3 is 9.64 Å². The number of anilines is 1. The Morgan fingerprint density at radius 2 is 1.75 bits per heavy atom. The predicted molar refractivity (Wildman–Crippen MR) is 131 cm³/mol. The first-order chi connectivity index (χ1) is 13.0. The molecule has 0 aliphatic rings. The molecule has 1 aromatic rings. The van der Waals surface area contributed by atoms with Crippen LogP contribution in [0.5, 0.6) is 0 Å². The summed E-state index contributed by atoms with van der Waals surface area (Å²) in [6.07, 6.45) is 1.26. The van der Waals surface area contributed by atoms with E-state index in [-0.39, 0.29) is 28.2 Å². The van der Waals surface area contributed by atoms with Crippen LogP contribution in [-0.4, -0.2) is 32.6 Å². The minimum absolute atomic E-state index is 0.0185. The molecule has 156 valence electrons. The van der Waals surface area contributed by atoms with Gasteiger partial charge >= 0.3 is 5.97 Å². The Hall–Kier alpha value is -0.400. The fraction of sp³-hybridized carbons (Fsp3) is 0.550. The van der Waals surface area contributed by atoms with Gasteiger partial charge in [0.1, 0.15) is 0 Å². The van der Waals surface area contributed by atoms with E-state index in [1.807, 2.05) is 18.7 Å². The summed E-state index contributed by atoms with van der Waals surface area (Å²) in [7, 11) is 0. The lowest BCUT2D eigenvalue weighted by molar-refractivity contribution is -0.135. The van der Waals surface area contributed by atoms with Gasteiger partial charge in [-0.15, -0.1) is 0 Å². The van der Waals surface area contributed by atoms with Gasteiger partial charge in [0.2, 0.25) is 0 Å². The summed E-state index contributed by atoms with van der Waals surface area (Å²) in [6.45, 7) is 10.2. The van der Waals surface area contributed by atoms with E-state index < -0.39 is 0 Å². The first-order valence-corrected chi connectivity index (χ1v) is 11.7. The molecule has 0 N–H and O–H groups in total. The molecule has 3 nitrogen and oxygen atoms in total. The molecule has 0 amide bonds. The maximum Gasteiger partial charge on any atom is 0.313 e. The molecule has 0 aromatic heterocycles. The highest BCUT2D eigenvalue weighted by molar-refractivity contribution is 8.00. The van der Waals surface area contributed by atoms with E-state index in [1.165, 1.54) is 0 Å². The third kappa shape index (κ3) is 8.15. The number of benzene rings is 1. The highest BCUT2D eigenvalue weighted by Crippen LogP contribution is 2.37. The Morgan fingerprint density at radius 3 is 2.21 bits per heavy atom. The maximum absolute atomic E-state index is 12.5. The average Bonchev–Trinajstić information content (AvgIpc) is 2.60. The van der Waals surface area contributed by atoms with Gasteiger partial charge in [-0.1, -0.05) is 76.1 Å². The number of carbonyl (C=O) groups is 1. The highest BCUT2D eigenvalue weighted by Gasteiger charge is 2.30. The Morgan fingerprint density at radius 1 is 1.18 bits per heavy atom. The Balaban J connectivity index is 3.31. The fourth-order valence-corrected chi connectivity index (χ4v) is 4.28. The molecule has 1 atom stereocenters. The Bertz CT molecular complexity index is 700. The highest BCUT2D eigenvalue weighted by atomic mass is 35.5. The lowest BCUT2D eigenvalue weighted by Crippen LogP contribution is -2.43. The lowest BCUT2D eigenvalue weighted by atomic mass is 10.1. The van der Waals surface area contributed by atoms with Crippen molar-refractivity contribution < 1.29 is 9.53 Å². The first kappa shape index (κ1) is 25.6. The van der Waals surface area contributed by atoms with Gasteiger partial charge in [-0.25, -0.2) is 0 Å². The van der Waals surface area contributed by atoms with Crippen LogP contribution in [0.4, 0.5) is 5.69 Å². The van der Waals surface area contributed by atoms with Gasteiger partial charge in [0, 0.05) is 16.9 Å². The minimum atomic E-state index is -0.376. The number of nitrogens with zero attached hydrogens (tertiary/aromatic N) is 1. The van der Waals surface area contributed by atoms with E-state index in [9.17, 15) is 4.79 Å². The molecule has 0 heterocycles. The number of rotatable bonds is 8. The summed E-state index contributed by atoms with van der Waals surface area (Å²) >= 11 is 25.4. The van der Waals surface area contributed by atoms with E-state index in [0.717, 1.165) is 0 Å². The zero-order valence-electron chi connectivity index (χ0n) is 16.9. The molecule has 1 unspecified atom stereocenters. The van der Waals surface area contributed by atoms with E-state index in [1.54, 1.807) is 30.0 Å². The SMILES string of the molecule is CCC(=S)OC(=O)CC(CSC(C)(C)C)N(C(=S)CC)c1c(Cl)cccc1Cl. The number of para-hydroxylation sites is 1. The second kappa shape index (κ2) is 11.7. The topological polar surface area (TPSA) is 29.5 Å². The number of hydrogen-bond acceptors (Lipinski definition) is 5. The summed E-state index contributed by atoms with van der Waals surface area (Å²) in [6, 6.07) is 5.06. The van der Waals surface area contributed by atoms with Crippen LogP contribution in [0.1, 0.15) is 53.9 Å². The molecule has 0 aliphatic heterocycles. The number of carbonyl (C=O) groups excluding carboxylic acids is 1. The number of ether oxygens (including phenoxy) is 1. The smallest absolute Gasteiger partial charge is 0.313 e. The normalized spacial score (nSPS) is 12.4. The lowest BCUT2D eigenvalue weighted by Gasteiger charge is -2.35. The maximum atomic E-state index is 12.5. The molecule has 0 aliphatic carbocycles. The summed E-state index contributed by atoms with van der Waals surface area (Å²) in [5.74, 6) is 0.276. The molecule has 0 bridgehead atoms. The van der Waals surface area contributed by atoms with Gasteiger partial charge in [-0.3, -0.25) is 4.79 Å². The van der Waals surface area contributed by atoms with Crippen LogP contribution in [0.3, 0.4) is 0 Å². The summed E-state index contributed by atoms with van der Waals surface area (Å²) in [5.41, 5.74) is 0.628. The summed E-state index contributed by atoms with van der Waals surface area (Å²) in [5, 5.41) is 1.27. The van der Waals surface area contributed by atoms with Crippen molar-refractivity contribution in [1.82, 2.24) is 0 Å². The quantitative estimate of drug-likeness (QED) is 0.291. The molecule has 8 heteroatoms. The molecular formula is C20H27Cl2NO2S3. The third-order valence-electron chi connectivity index (χ3n) is 3.74. The van der Waals surface area contributed by atoms with E-state index >= 15 is 0 Å². The van der Waals surface area contributed by atoms with Crippen molar-refractivity contribution in [2.24, 2.45) is 0 Å². The average molecular weight is 481 g/mol. The third-order valence-corrected chi connectivity index (χ3v) is 6.63. The second-order valence-corrected chi connectivity index (χ2v) is 10.8. The molecule has 0 radical (unpaired) electrons. The summed E-state index contributed by atoms with van der Waals surface area (Å²) < 4.78 is 5.29. The largest absolute Gasteiger partial charge is 0.419 e. The molecule has 1 aromatic carbocycles. The van der Waals surface area contributed by atoms with E-state index in [2.05, 4.69) is 20.8 Å². The number of thioether (sulfide) groups is 1. The zero-order chi connectivity index (χ0) is 21.5. The van der Waals surface area contributed by atoms with Crippen LogP contribution >= 0.6 is 59.4 Å². The van der Waals surface area contributed by atoms with Gasteiger partial charge in [0.15, 0.2) is 5.05 Å². The van der Waals surface area contributed by atoms with Gasteiger partial charge in [0.25, 0.3) is 0 Å². The molecular weight excluding hydrogens is 453 g/mol. The first-order valence-electron chi connectivity index (χ1n) is 9.13. The molecule has 28 heavy (non-hydrogen) atoms. The van der Waals surface area contributed by atoms with E-state index in [4.69, 9.17) is 52.4 Å². The predicted octanol–water partition coefficient (Wildman–Crippen LogP) is 7.11. The number of esters is 1. The van der Waals surface area contributed by atoms with Crippen molar-refractivity contribution in [2.75, 3.05) is 10.7 Å². The second-order valence-electron chi connectivity index (χ2n) is 7.17. The molecule has 0 saturated carbocycles. The van der Waals surface area contributed by atoms with Gasteiger partial charge in [-0.05, 0) is 30.8 Å². The van der Waals surface area contributed by atoms with Crippen molar-refractivity contribution >= 4 is 81.1 Å². The van der Waals surface area contributed by atoms with Crippen molar-refractivity contribution in [3.63, 3.8) is 0 Å². The Labute approximate surface area is 193 Å². The van der Waals surface area contributed by atoms with Crippen molar-refractivity contribution in [2.45, 2.75) is 64.7 Å². The molecule has 0 fully saturated rings. The van der Waals surface area contributed by atoms with E-state index in [0.29, 0.717) is 39.3 Å². The van der Waals surface area contributed by atoms with Crippen LogP contribution in [0.25, 0.3) is 0 Å². The zero-order valence-corrected chi connectivity index (χ0v) is 20.8. The van der Waals surface area contributed by atoms with Crippen molar-refractivity contribution in [1.29, 1.82) is 0 Å². The van der Waals surface area contributed by atoms with Crippen LogP contribution in [-0.2, 0) is 9.53 Å². The number of thiocarbonyl (C=S) groups is 2. The van der Waals surface area contributed by atoms with Crippen molar-refractivity contribution in [3.05, 3.63) is 28.2 Å². The molecule has 0 spiro atoms. The molecule has 1 rings (SSSR count).